The third-order valence-corrected chi connectivity index (χ3v) is 4.81. The predicted molar refractivity (Wildman–Crippen MR) is 71.7 cm³/mol. The van der Waals surface area contributed by atoms with Gasteiger partial charge in [0.25, 0.3) is 0 Å². The van der Waals surface area contributed by atoms with Gasteiger partial charge in [0.1, 0.15) is 19.0 Å². The zero-order valence-electron chi connectivity index (χ0n) is 11.0. The Morgan fingerprint density at radius 3 is 2.40 bits per heavy atom. The maximum absolute atomic E-state index is 12.4. The van der Waals surface area contributed by atoms with Crippen LogP contribution in [0.15, 0.2) is 29.2 Å². The Balaban J connectivity index is 2.04. The van der Waals surface area contributed by atoms with Crippen LogP contribution in [0.4, 0.5) is 0 Å². The number of hydrogen-bond acceptors (Lipinski definition) is 6. The number of ether oxygens (including phenoxy) is 2. The third kappa shape index (κ3) is 3.68. The number of nitrogens with zero attached hydrogens (tertiary/aromatic N) is 1. The fourth-order valence-electron chi connectivity index (χ4n) is 1.85. The Morgan fingerprint density at radius 1 is 1.15 bits per heavy atom. The Morgan fingerprint density at radius 2 is 1.80 bits per heavy atom. The number of nitrogens with two attached hydrogens (primary N) is 1. The van der Waals surface area contributed by atoms with Crippen LogP contribution < -0.4 is 10.6 Å². The normalized spacial score (nSPS) is 17.1. The van der Waals surface area contributed by atoms with Crippen molar-refractivity contribution in [3.63, 3.8) is 0 Å². The summed E-state index contributed by atoms with van der Waals surface area (Å²) in [6.07, 6.45) is 0. The lowest BCUT2D eigenvalue weighted by Crippen LogP contribution is -2.40. The molecule has 2 rings (SSSR count). The van der Waals surface area contributed by atoms with Gasteiger partial charge in [-0.25, -0.2) is 14.3 Å². The molecule has 0 aliphatic carbocycles. The van der Waals surface area contributed by atoms with Crippen LogP contribution in [-0.2, 0) is 19.6 Å². The minimum absolute atomic E-state index is 0.252. The molecule has 0 saturated carbocycles. The van der Waals surface area contributed by atoms with Gasteiger partial charge in [0.2, 0.25) is 10.0 Å². The first-order valence-electron chi connectivity index (χ1n) is 6.27. The van der Waals surface area contributed by atoms with E-state index in [4.69, 9.17) is 15.4 Å². The molecule has 0 aromatic heterocycles. The quantitative estimate of drug-likeness (QED) is 0.586. The number of hydrogen-bond donors (Lipinski definition) is 1. The molecule has 1 fully saturated rings. The van der Waals surface area contributed by atoms with Gasteiger partial charge in [-0.05, 0) is 24.3 Å². The van der Waals surface area contributed by atoms with Crippen molar-refractivity contribution in [1.82, 2.24) is 4.31 Å². The third-order valence-electron chi connectivity index (χ3n) is 2.90. The molecular weight excluding hydrogens is 284 g/mol. The molecule has 1 heterocycles. The zero-order valence-corrected chi connectivity index (χ0v) is 11.8. The molecule has 1 aromatic rings. The SMILES string of the molecule is NOCCOc1ccc(S(=O)(=O)N2CCOCC2)cc1. The Kier molecular flexibility index (Phi) is 5.32. The summed E-state index contributed by atoms with van der Waals surface area (Å²) in [4.78, 5) is 4.63. The van der Waals surface area contributed by atoms with Gasteiger partial charge in [0, 0.05) is 13.1 Å². The average Bonchev–Trinajstić information content (AvgIpc) is 2.49. The van der Waals surface area contributed by atoms with Gasteiger partial charge in [-0.1, -0.05) is 0 Å². The van der Waals surface area contributed by atoms with E-state index in [9.17, 15) is 8.42 Å². The van der Waals surface area contributed by atoms with Crippen molar-refractivity contribution in [2.45, 2.75) is 4.90 Å². The van der Waals surface area contributed by atoms with E-state index >= 15 is 0 Å². The molecule has 1 saturated heterocycles. The zero-order chi connectivity index (χ0) is 14.4. The second-order valence-corrected chi connectivity index (χ2v) is 6.15. The number of rotatable bonds is 6. The minimum Gasteiger partial charge on any atom is -0.491 e. The van der Waals surface area contributed by atoms with Gasteiger partial charge in [0.15, 0.2) is 0 Å². The first-order valence-corrected chi connectivity index (χ1v) is 7.71. The van der Waals surface area contributed by atoms with Crippen LogP contribution in [0.2, 0.25) is 0 Å². The van der Waals surface area contributed by atoms with Crippen molar-refractivity contribution < 1.29 is 22.7 Å². The first kappa shape index (κ1) is 15.2. The standard InChI is InChI=1S/C12H18N2O5S/c13-19-10-9-18-11-1-3-12(4-2-11)20(15,16)14-5-7-17-8-6-14/h1-4H,5-10,13H2. The van der Waals surface area contributed by atoms with E-state index in [1.165, 1.54) is 16.4 Å². The van der Waals surface area contributed by atoms with Gasteiger partial charge in [0.05, 0.1) is 18.1 Å². The summed E-state index contributed by atoms with van der Waals surface area (Å²) in [6, 6.07) is 6.29. The molecule has 112 valence electrons. The second-order valence-electron chi connectivity index (χ2n) is 4.21. The monoisotopic (exact) mass is 302 g/mol. The van der Waals surface area contributed by atoms with Crippen LogP contribution in [0.25, 0.3) is 0 Å². The topological polar surface area (TPSA) is 91.1 Å². The number of sulfonamides is 1. The van der Waals surface area contributed by atoms with E-state index in [0.717, 1.165) is 0 Å². The lowest BCUT2D eigenvalue weighted by Gasteiger charge is -2.26. The fourth-order valence-corrected chi connectivity index (χ4v) is 3.26. The van der Waals surface area contributed by atoms with Crippen molar-refractivity contribution in [3.8, 4) is 5.75 Å². The van der Waals surface area contributed by atoms with E-state index in [1.807, 2.05) is 0 Å². The molecule has 1 aromatic carbocycles. The summed E-state index contributed by atoms with van der Waals surface area (Å²) in [5.74, 6) is 5.45. The molecule has 7 nitrogen and oxygen atoms in total. The molecule has 20 heavy (non-hydrogen) atoms. The molecule has 1 aliphatic heterocycles. The molecule has 8 heteroatoms. The summed E-state index contributed by atoms with van der Waals surface area (Å²) in [7, 11) is -3.45. The molecule has 0 bridgehead atoms. The smallest absolute Gasteiger partial charge is 0.243 e. The van der Waals surface area contributed by atoms with Gasteiger partial charge in [-0.2, -0.15) is 4.31 Å². The van der Waals surface area contributed by atoms with Crippen LogP contribution in [-0.4, -0.2) is 52.2 Å². The number of morpholine rings is 1. The highest BCUT2D eigenvalue weighted by Gasteiger charge is 2.26. The van der Waals surface area contributed by atoms with Crippen LogP contribution in [0, 0.1) is 0 Å². The van der Waals surface area contributed by atoms with E-state index < -0.39 is 10.0 Å². The maximum atomic E-state index is 12.4. The van der Waals surface area contributed by atoms with Crippen molar-refractivity contribution in [3.05, 3.63) is 24.3 Å². The summed E-state index contributed by atoms with van der Waals surface area (Å²) < 4.78 is 36.6. The first-order chi connectivity index (χ1) is 9.64. The predicted octanol–water partition coefficient (Wildman–Crippen LogP) is -0.0234. The highest BCUT2D eigenvalue weighted by Crippen LogP contribution is 2.20. The van der Waals surface area contributed by atoms with E-state index in [0.29, 0.717) is 38.7 Å². The molecule has 2 N–H and O–H groups in total. The van der Waals surface area contributed by atoms with Gasteiger partial charge in [-0.15, -0.1) is 0 Å². The molecule has 0 spiro atoms. The van der Waals surface area contributed by atoms with Crippen LogP contribution >= 0.6 is 0 Å². The molecule has 0 unspecified atom stereocenters. The van der Waals surface area contributed by atoms with Gasteiger partial charge < -0.3 is 14.3 Å². The molecule has 0 amide bonds. The average molecular weight is 302 g/mol. The highest BCUT2D eigenvalue weighted by molar-refractivity contribution is 7.89. The summed E-state index contributed by atoms with van der Waals surface area (Å²) in [5, 5.41) is 0. The van der Waals surface area contributed by atoms with Gasteiger partial charge >= 0.3 is 0 Å². The van der Waals surface area contributed by atoms with Crippen molar-refractivity contribution in [2.24, 2.45) is 5.90 Å². The van der Waals surface area contributed by atoms with Crippen molar-refractivity contribution in [1.29, 1.82) is 0 Å². The minimum atomic E-state index is -3.45. The van der Waals surface area contributed by atoms with Crippen LogP contribution in [0.1, 0.15) is 0 Å². The van der Waals surface area contributed by atoms with E-state index in [1.54, 1.807) is 12.1 Å². The molecular formula is C12H18N2O5S. The Bertz CT molecular complexity index is 511. The van der Waals surface area contributed by atoms with Crippen molar-refractivity contribution in [2.75, 3.05) is 39.5 Å². The largest absolute Gasteiger partial charge is 0.491 e. The Labute approximate surface area is 118 Å². The van der Waals surface area contributed by atoms with Crippen LogP contribution in [0.5, 0.6) is 5.75 Å². The molecule has 0 atom stereocenters. The van der Waals surface area contributed by atoms with E-state index in [-0.39, 0.29) is 11.5 Å². The number of benzene rings is 1. The Hall–Kier alpha value is -1.19. The highest BCUT2D eigenvalue weighted by atomic mass is 32.2. The van der Waals surface area contributed by atoms with Gasteiger partial charge in [-0.3, -0.25) is 0 Å². The summed E-state index contributed by atoms with van der Waals surface area (Å²) in [6.45, 7) is 2.21. The van der Waals surface area contributed by atoms with Crippen molar-refractivity contribution >= 4 is 10.0 Å². The summed E-state index contributed by atoms with van der Waals surface area (Å²) in [5.41, 5.74) is 0. The molecule has 1 aliphatic rings. The lowest BCUT2D eigenvalue weighted by atomic mass is 10.3. The maximum Gasteiger partial charge on any atom is 0.243 e. The fraction of sp³-hybridized carbons (Fsp3) is 0.500. The summed E-state index contributed by atoms with van der Waals surface area (Å²) >= 11 is 0. The molecule has 0 radical (unpaired) electrons. The van der Waals surface area contributed by atoms with Crippen LogP contribution in [0.3, 0.4) is 0 Å². The lowest BCUT2D eigenvalue weighted by molar-refractivity contribution is 0.0730. The second kappa shape index (κ2) is 7.00. The van der Waals surface area contributed by atoms with E-state index in [2.05, 4.69) is 4.84 Å².